The minimum absolute atomic E-state index is 0.0329. The first-order chi connectivity index (χ1) is 9.93. The molecule has 0 aromatic heterocycles. The number of nitrogens with zero attached hydrogens (tertiary/aromatic N) is 1. The van der Waals surface area contributed by atoms with E-state index in [2.05, 4.69) is 5.32 Å². The lowest BCUT2D eigenvalue weighted by Crippen LogP contribution is -2.40. The van der Waals surface area contributed by atoms with Crippen LogP contribution in [0.4, 0.5) is 5.69 Å². The van der Waals surface area contributed by atoms with Crippen LogP contribution in [0.3, 0.4) is 0 Å². The van der Waals surface area contributed by atoms with Gasteiger partial charge in [-0.25, -0.2) is 0 Å². The SMILES string of the molecule is COCCCNC(=O)CN(C(C)=O)c1cc(C)cc(C)c1. The zero-order chi connectivity index (χ0) is 15.8. The standard InChI is InChI=1S/C16H24N2O3/c1-12-8-13(2)10-15(9-12)18(14(3)19)11-16(20)17-6-5-7-21-4/h8-10H,5-7,11H2,1-4H3,(H,17,20). The number of benzene rings is 1. The average Bonchev–Trinajstić information content (AvgIpc) is 2.39. The Balaban J connectivity index is 2.69. The van der Waals surface area contributed by atoms with Crippen LogP contribution in [0.25, 0.3) is 0 Å². The average molecular weight is 292 g/mol. The zero-order valence-electron chi connectivity index (χ0n) is 13.2. The van der Waals surface area contributed by atoms with Gasteiger partial charge in [-0.15, -0.1) is 0 Å². The summed E-state index contributed by atoms with van der Waals surface area (Å²) in [6.45, 7) is 6.60. The first-order valence-electron chi connectivity index (χ1n) is 7.06. The summed E-state index contributed by atoms with van der Waals surface area (Å²) in [4.78, 5) is 25.2. The molecule has 1 N–H and O–H groups in total. The highest BCUT2D eigenvalue weighted by molar-refractivity contribution is 5.97. The lowest BCUT2D eigenvalue weighted by Gasteiger charge is -2.21. The summed E-state index contributed by atoms with van der Waals surface area (Å²) in [5.74, 6) is -0.312. The second-order valence-corrected chi connectivity index (χ2v) is 5.15. The minimum Gasteiger partial charge on any atom is -0.385 e. The summed E-state index contributed by atoms with van der Waals surface area (Å²) in [5.41, 5.74) is 2.89. The van der Waals surface area contributed by atoms with Crippen molar-refractivity contribution in [2.24, 2.45) is 0 Å². The van der Waals surface area contributed by atoms with Crippen LogP contribution in [0.15, 0.2) is 18.2 Å². The molecule has 5 nitrogen and oxygen atoms in total. The summed E-state index contributed by atoms with van der Waals surface area (Å²) in [6.07, 6.45) is 0.756. The molecule has 0 unspecified atom stereocenters. The van der Waals surface area contributed by atoms with Gasteiger partial charge in [-0.2, -0.15) is 0 Å². The van der Waals surface area contributed by atoms with Gasteiger partial charge in [-0.05, 0) is 43.5 Å². The highest BCUT2D eigenvalue weighted by atomic mass is 16.5. The molecule has 21 heavy (non-hydrogen) atoms. The Morgan fingerprint density at radius 1 is 1.19 bits per heavy atom. The fourth-order valence-electron chi connectivity index (χ4n) is 2.13. The minimum atomic E-state index is -0.166. The smallest absolute Gasteiger partial charge is 0.240 e. The second-order valence-electron chi connectivity index (χ2n) is 5.15. The molecule has 0 fully saturated rings. The zero-order valence-corrected chi connectivity index (χ0v) is 13.2. The van der Waals surface area contributed by atoms with E-state index in [9.17, 15) is 9.59 Å². The van der Waals surface area contributed by atoms with Crippen molar-refractivity contribution in [2.45, 2.75) is 27.2 Å². The lowest BCUT2D eigenvalue weighted by atomic mass is 10.1. The molecule has 1 aromatic carbocycles. The molecule has 0 aliphatic rings. The van der Waals surface area contributed by atoms with E-state index in [0.29, 0.717) is 13.2 Å². The number of ether oxygens (including phenoxy) is 1. The van der Waals surface area contributed by atoms with Gasteiger partial charge in [0, 0.05) is 32.9 Å². The topological polar surface area (TPSA) is 58.6 Å². The lowest BCUT2D eigenvalue weighted by molar-refractivity contribution is -0.123. The van der Waals surface area contributed by atoms with E-state index >= 15 is 0 Å². The molecule has 116 valence electrons. The van der Waals surface area contributed by atoms with Crippen LogP contribution in [-0.4, -0.2) is 38.6 Å². The maximum absolute atomic E-state index is 11.9. The Labute approximate surface area is 126 Å². The van der Waals surface area contributed by atoms with Gasteiger partial charge < -0.3 is 15.0 Å². The van der Waals surface area contributed by atoms with Gasteiger partial charge in [0.2, 0.25) is 11.8 Å². The van der Waals surface area contributed by atoms with Crippen molar-refractivity contribution in [1.82, 2.24) is 5.32 Å². The quantitative estimate of drug-likeness (QED) is 0.780. The summed E-state index contributed by atoms with van der Waals surface area (Å²) < 4.78 is 4.92. The third kappa shape index (κ3) is 5.95. The molecule has 0 heterocycles. The molecule has 1 aromatic rings. The molecule has 0 radical (unpaired) electrons. The Hall–Kier alpha value is -1.88. The number of hydrogen-bond donors (Lipinski definition) is 1. The van der Waals surface area contributed by atoms with Crippen molar-refractivity contribution in [1.29, 1.82) is 0 Å². The van der Waals surface area contributed by atoms with E-state index in [1.54, 1.807) is 7.11 Å². The van der Waals surface area contributed by atoms with Gasteiger partial charge in [-0.3, -0.25) is 9.59 Å². The molecule has 0 saturated carbocycles. The Bertz CT molecular complexity index is 480. The Morgan fingerprint density at radius 2 is 1.81 bits per heavy atom. The molecule has 0 spiro atoms. The van der Waals surface area contributed by atoms with Crippen LogP contribution in [0.5, 0.6) is 0 Å². The van der Waals surface area contributed by atoms with Crippen molar-refractivity contribution in [3.05, 3.63) is 29.3 Å². The molecule has 1 rings (SSSR count). The van der Waals surface area contributed by atoms with Crippen molar-refractivity contribution in [3.63, 3.8) is 0 Å². The fourth-order valence-corrected chi connectivity index (χ4v) is 2.13. The summed E-state index contributed by atoms with van der Waals surface area (Å²) in [5, 5.41) is 2.79. The molecule has 0 saturated heterocycles. The van der Waals surface area contributed by atoms with E-state index < -0.39 is 0 Å². The maximum atomic E-state index is 11.9. The number of anilines is 1. The second kappa shape index (κ2) is 8.42. The largest absolute Gasteiger partial charge is 0.385 e. The van der Waals surface area contributed by atoms with Crippen LogP contribution in [-0.2, 0) is 14.3 Å². The highest BCUT2D eigenvalue weighted by Gasteiger charge is 2.16. The number of hydrogen-bond acceptors (Lipinski definition) is 3. The van der Waals surface area contributed by atoms with Crippen LogP contribution >= 0.6 is 0 Å². The van der Waals surface area contributed by atoms with E-state index in [0.717, 1.165) is 23.2 Å². The number of rotatable bonds is 7. The molecule has 0 aliphatic carbocycles. The van der Waals surface area contributed by atoms with Gasteiger partial charge in [-0.1, -0.05) is 6.07 Å². The van der Waals surface area contributed by atoms with Gasteiger partial charge in [0.1, 0.15) is 6.54 Å². The summed E-state index contributed by atoms with van der Waals surface area (Å²) in [7, 11) is 1.62. The van der Waals surface area contributed by atoms with Crippen LogP contribution < -0.4 is 10.2 Å². The molecular formula is C16H24N2O3. The highest BCUT2D eigenvalue weighted by Crippen LogP contribution is 2.18. The molecule has 2 amide bonds. The van der Waals surface area contributed by atoms with Crippen molar-refractivity contribution in [2.75, 3.05) is 31.7 Å². The third-order valence-corrected chi connectivity index (χ3v) is 3.05. The number of carbonyl (C=O) groups is 2. The van der Waals surface area contributed by atoms with Crippen molar-refractivity contribution < 1.29 is 14.3 Å². The Kier molecular flexibility index (Phi) is 6.88. The van der Waals surface area contributed by atoms with Crippen LogP contribution in [0, 0.1) is 13.8 Å². The predicted octanol–water partition coefficient (Wildman–Crippen LogP) is 1.81. The number of aryl methyl sites for hydroxylation is 2. The first kappa shape index (κ1) is 17.2. The van der Waals surface area contributed by atoms with E-state index in [1.165, 1.54) is 11.8 Å². The first-order valence-corrected chi connectivity index (χ1v) is 7.06. The summed E-state index contributed by atoms with van der Waals surface area (Å²) >= 11 is 0. The molecular weight excluding hydrogens is 268 g/mol. The number of methoxy groups -OCH3 is 1. The van der Waals surface area contributed by atoms with E-state index in [1.807, 2.05) is 32.0 Å². The number of nitrogens with one attached hydrogen (secondary N) is 1. The normalized spacial score (nSPS) is 10.3. The number of carbonyl (C=O) groups excluding carboxylic acids is 2. The fraction of sp³-hybridized carbons (Fsp3) is 0.500. The maximum Gasteiger partial charge on any atom is 0.240 e. The van der Waals surface area contributed by atoms with Gasteiger partial charge in [0.25, 0.3) is 0 Å². The Morgan fingerprint density at radius 3 is 2.33 bits per heavy atom. The van der Waals surface area contributed by atoms with Gasteiger partial charge in [0.05, 0.1) is 0 Å². The van der Waals surface area contributed by atoms with Crippen LogP contribution in [0.2, 0.25) is 0 Å². The predicted molar refractivity (Wildman–Crippen MR) is 83.4 cm³/mol. The van der Waals surface area contributed by atoms with Crippen LogP contribution in [0.1, 0.15) is 24.5 Å². The number of amides is 2. The molecule has 0 bridgehead atoms. The van der Waals surface area contributed by atoms with E-state index in [-0.39, 0.29) is 18.4 Å². The summed E-state index contributed by atoms with van der Waals surface area (Å²) in [6, 6.07) is 5.85. The van der Waals surface area contributed by atoms with E-state index in [4.69, 9.17) is 4.74 Å². The van der Waals surface area contributed by atoms with Gasteiger partial charge in [0.15, 0.2) is 0 Å². The third-order valence-electron chi connectivity index (χ3n) is 3.05. The molecule has 0 atom stereocenters. The van der Waals surface area contributed by atoms with Gasteiger partial charge >= 0.3 is 0 Å². The van der Waals surface area contributed by atoms with Crippen molar-refractivity contribution >= 4 is 17.5 Å². The molecule has 0 aliphatic heterocycles. The van der Waals surface area contributed by atoms with Crippen molar-refractivity contribution in [3.8, 4) is 0 Å². The molecule has 5 heteroatoms. The monoisotopic (exact) mass is 292 g/mol.